The van der Waals surface area contributed by atoms with Gasteiger partial charge in [-0.15, -0.1) is 12.4 Å². The van der Waals surface area contributed by atoms with Gasteiger partial charge in [-0.25, -0.2) is 0 Å². The molecule has 2 nitrogen and oxygen atoms in total. The normalized spacial score (nSPS) is 17.3. The van der Waals surface area contributed by atoms with Crippen LogP contribution in [0.2, 0.25) is 5.02 Å². The van der Waals surface area contributed by atoms with Crippen molar-refractivity contribution in [2.24, 2.45) is 0 Å². The molecule has 1 aliphatic heterocycles. The summed E-state index contributed by atoms with van der Waals surface area (Å²) in [5, 5.41) is 7.15. The summed E-state index contributed by atoms with van der Waals surface area (Å²) in [6.45, 7) is 2.96. The van der Waals surface area contributed by atoms with Gasteiger partial charge in [-0.3, -0.25) is 4.90 Å². The highest BCUT2D eigenvalue weighted by Gasteiger charge is 2.37. The first-order valence-corrected chi connectivity index (χ1v) is 8.62. The van der Waals surface area contributed by atoms with Crippen molar-refractivity contribution in [3.8, 4) is 0 Å². The Bertz CT molecular complexity index is 656. The van der Waals surface area contributed by atoms with Gasteiger partial charge >= 0.3 is 6.18 Å². The van der Waals surface area contributed by atoms with E-state index in [1.54, 1.807) is 0 Å². The zero-order valence-electron chi connectivity index (χ0n) is 12.6. The van der Waals surface area contributed by atoms with E-state index < -0.39 is 17.8 Å². The molecule has 8 heteroatoms. The Morgan fingerprint density at radius 1 is 1.17 bits per heavy atom. The zero-order valence-corrected chi connectivity index (χ0v) is 15.0. The first kappa shape index (κ1) is 19.5. The molecular weight excluding hydrogens is 380 g/mol. The third kappa shape index (κ3) is 4.24. The van der Waals surface area contributed by atoms with Crippen molar-refractivity contribution in [2.75, 3.05) is 26.2 Å². The van der Waals surface area contributed by atoms with E-state index in [2.05, 4.69) is 10.2 Å². The van der Waals surface area contributed by atoms with Crippen LogP contribution < -0.4 is 5.32 Å². The minimum Gasteiger partial charge on any atom is -0.314 e. The van der Waals surface area contributed by atoms with Gasteiger partial charge in [0.25, 0.3) is 0 Å². The molecule has 3 rings (SSSR count). The molecule has 0 amide bonds. The molecule has 132 valence electrons. The van der Waals surface area contributed by atoms with Crippen molar-refractivity contribution >= 4 is 35.3 Å². The molecule has 0 spiro atoms. The van der Waals surface area contributed by atoms with E-state index in [4.69, 9.17) is 11.6 Å². The van der Waals surface area contributed by atoms with E-state index in [9.17, 15) is 13.2 Å². The maximum Gasteiger partial charge on any atom is 0.416 e. The van der Waals surface area contributed by atoms with Gasteiger partial charge in [0.1, 0.15) is 0 Å². The number of benzene rings is 1. The fourth-order valence-corrected chi connectivity index (χ4v) is 3.82. The summed E-state index contributed by atoms with van der Waals surface area (Å²) in [4.78, 5) is 2.09. The number of halogens is 5. The summed E-state index contributed by atoms with van der Waals surface area (Å²) >= 11 is 7.31. The SMILES string of the molecule is Cl.FC(F)(F)c1cc(Cl)ccc1[C@@H](c1ccsc1)N1CCNCC1. The fourth-order valence-electron chi connectivity index (χ4n) is 2.97. The zero-order chi connectivity index (χ0) is 16.4. The average Bonchev–Trinajstić information content (AvgIpc) is 3.03. The quantitative estimate of drug-likeness (QED) is 0.798. The van der Waals surface area contributed by atoms with Crippen LogP contribution in [0.25, 0.3) is 0 Å². The first-order chi connectivity index (χ1) is 11.0. The molecule has 0 saturated carbocycles. The minimum atomic E-state index is -4.43. The standard InChI is InChI=1S/C16H16ClF3N2S.ClH/c17-12-1-2-13(14(9-12)16(18,19)20)15(11-3-8-23-10-11)22-6-4-21-5-7-22;/h1-3,8-10,15,21H,4-7H2;1H/t15-;/m1./s1. The van der Waals surface area contributed by atoms with E-state index in [0.29, 0.717) is 13.1 Å². The predicted molar refractivity (Wildman–Crippen MR) is 94.3 cm³/mol. The second-order valence-electron chi connectivity index (χ2n) is 5.47. The molecule has 1 N–H and O–H groups in total. The lowest BCUT2D eigenvalue weighted by molar-refractivity contribution is -0.138. The van der Waals surface area contributed by atoms with Gasteiger partial charge in [0.05, 0.1) is 11.6 Å². The maximum absolute atomic E-state index is 13.5. The molecule has 0 aliphatic carbocycles. The van der Waals surface area contributed by atoms with E-state index in [0.717, 1.165) is 24.7 Å². The van der Waals surface area contributed by atoms with E-state index in [1.165, 1.54) is 23.5 Å². The second kappa shape index (κ2) is 8.06. The highest BCUT2D eigenvalue weighted by Crippen LogP contribution is 2.40. The van der Waals surface area contributed by atoms with Crippen molar-refractivity contribution in [3.05, 3.63) is 56.7 Å². The summed E-state index contributed by atoms with van der Waals surface area (Å²) in [6.07, 6.45) is -4.43. The van der Waals surface area contributed by atoms with Gasteiger partial charge in [0, 0.05) is 31.2 Å². The highest BCUT2D eigenvalue weighted by molar-refractivity contribution is 7.08. The molecule has 1 aliphatic rings. The number of hydrogen-bond acceptors (Lipinski definition) is 3. The van der Waals surface area contributed by atoms with Gasteiger partial charge in [-0.05, 0) is 40.1 Å². The van der Waals surface area contributed by atoms with E-state index >= 15 is 0 Å². The van der Waals surface area contributed by atoms with E-state index in [-0.39, 0.29) is 23.0 Å². The summed E-state index contributed by atoms with van der Waals surface area (Å²) in [5.41, 5.74) is 0.506. The van der Waals surface area contributed by atoms with Gasteiger partial charge < -0.3 is 5.32 Å². The van der Waals surface area contributed by atoms with Crippen molar-refractivity contribution in [1.82, 2.24) is 10.2 Å². The molecule has 0 unspecified atom stereocenters. The molecule has 1 atom stereocenters. The van der Waals surface area contributed by atoms with Crippen LogP contribution in [0, 0.1) is 0 Å². The van der Waals surface area contributed by atoms with Crippen LogP contribution in [0.5, 0.6) is 0 Å². The molecule has 1 fully saturated rings. The summed E-state index contributed by atoms with van der Waals surface area (Å²) in [6, 6.07) is 5.56. The molecule has 2 aromatic rings. The smallest absolute Gasteiger partial charge is 0.314 e. The number of nitrogens with one attached hydrogen (secondary N) is 1. The highest BCUT2D eigenvalue weighted by atomic mass is 35.5. The molecule has 0 radical (unpaired) electrons. The topological polar surface area (TPSA) is 15.3 Å². The number of piperazine rings is 1. The molecule has 2 heterocycles. The molecule has 0 bridgehead atoms. The lowest BCUT2D eigenvalue weighted by atomic mass is 9.94. The van der Waals surface area contributed by atoms with Gasteiger partial charge in [0.15, 0.2) is 0 Å². The van der Waals surface area contributed by atoms with Crippen molar-refractivity contribution in [3.63, 3.8) is 0 Å². The molecule has 1 saturated heterocycles. The van der Waals surface area contributed by atoms with Crippen molar-refractivity contribution in [2.45, 2.75) is 12.2 Å². The monoisotopic (exact) mass is 396 g/mol. The van der Waals surface area contributed by atoms with Crippen LogP contribution in [0.3, 0.4) is 0 Å². The Kier molecular flexibility index (Phi) is 6.56. The largest absolute Gasteiger partial charge is 0.416 e. The number of alkyl halides is 3. The lowest BCUT2D eigenvalue weighted by Gasteiger charge is -2.36. The van der Waals surface area contributed by atoms with Gasteiger partial charge in [-0.1, -0.05) is 17.7 Å². The predicted octanol–water partition coefficient (Wildman–Crippen LogP) is 4.84. The number of hydrogen-bond donors (Lipinski definition) is 1. The molecular formula is C16H17Cl2F3N2S. The summed E-state index contributed by atoms with van der Waals surface area (Å²) in [5.74, 6) is 0. The third-order valence-corrected chi connectivity index (χ3v) is 4.93. The van der Waals surface area contributed by atoms with Gasteiger partial charge in [0.2, 0.25) is 0 Å². The number of thiophene rings is 1. The fraction of sp³-hybridized carbons (Fsp3) is 0.375. The van der Waals surface area contributed by atoms with Crippen LogP contribution >= 0.6 is 35.3 Å². The third-order valence-electron chi connectivity index (χ3n) is 3.99. The van der Waals surface area contributed by atoms with E-state index in [1.807, 2.05) is 16.8 Å². The Morgan fingerprint density at radius 3 is 2.46 bits per heavy atom. The Labute approximate surface area is 154 Å². The van der Waals surface area contributed by atoms with Crippen LogP contribution in [-0.4, -0.2) is 31.1 Å². The first-order valence-electron chi connectivity index (χ1n) is 7.30. The molecule has 1 aromatic carbocycles. The molecule has 1 aromatic heterocycles. The van der Waals surface area contributed by atoms with Crippen LogP contribution in [0.15, 0.2) is 35.0 Å². The van der Waals surface area contributed by atoms with Gasteiger partial charge in [-0.2, -0.15) is 24.5 Å². The summed E-state index contributed by atoms with van der Waals surface area (Å²) in [7, 11) is 0. The second-order valence-corrected chi connectivity index (χ2v) is 6.69. The Morgan fingerprint density at radius 2 is 1.88 bits per heavy atom. The van der Waals surface area contributed by atoms with Crippen molar-refractivity contribution in [1.29, 1.82) is 0 Å². The van der Waals surface area contributed by atoms with Crippen LogP contribution in [0.1, 0.15) is 22.7 Å². The maximum atomic E-state index is 13.5. The lowest BCUT2D eigenvalue weighted by Crippen LogP contribution is -2.45. The summed E-state index contributed by atoms with van der Waals surface area (Å²) < 4.78 is 40.5. The number of rotatable bonds is 3. The van der Waals surface area contributed by atoms with Crippen LogP contribution in [0.4, 0.5) is 13.2 Å². The minimum absolute atomic E-state index is 0. The average molecular weight is 397 g/mol. The van der Waals surface area contributed by atoms with Crippen LogP contribution in [-0.2, 0) is 6.18 Å². The Balaban J connectivity index is 0.00000208. The van der Waals surface area contributed by atoms with Crippen molar-refractivity contribution < 1.29 is 13.2 Å². The molecule has 24 heavy (non-hydrogen) atoms. The number of nitrogens with zero attached hydrogens (tertiary/aromatic N) is 1. The Hall–Kier alpha value is -0.790.